The first kappa shape index (κ1) is 15.0. The molecule has 0 saturated heterocycles. The van der Waals surface area contributed by atoms with Crippen LogP contribution in [0.3, 0.4) is 0 Å². The van der Waals surface area contributed by atoms with Crippen LogP contribution >= 0.6 is 0 Å². The van der Waals surface area contributed by atoms with E-state index in [2.05, 4.69) is 12.2 Å². The van der Waals surface area contributed by atoms with E-state index in [-0.39, 0.29) is 11.8 Å². The molecule has 2 aromatic rings. The van der Waals surface area contributed by atoms with Crippen LogP contribution in [-0.4, -0.2) is 20.7 Å². The van der Waals surface area contributed by atoms with E-state index in [1.54, 1.807) is 0 Å². The molecule has 1 heterocycles. The number of sulfonamides is 1. The molecule has 5 nitrogen and oxygen atoms in total. The minimum atomic E-state index is -3.44. The predicted octanol–water partition coefficient (Wildman–Crippen LogP) is 1.93. The summed E-state index contributed by atoms with van der Waals surface area (Å²) in [6, 6.07) is 7.85. The van der Waals surface area contributed by atoms with Gasteiger partial charge in [-0.05, 0) is 19.4 Å². The summed E-state index contributed by atoms with van der Waals surface area (Å²) < 4.78 is 27.7. The second kappa shape index (κ2) is 5.95. The molecule has 0 fully saturated rings. The molecule has 1 unspecified atom stereocenters. The van der Waals surface area contributed by atoms with E-state index in [0.717, 1.165) is 28.7 Å². The number of benzene rings is 1. The third kappa shape index (κ3) is 3.39. The minimum absolute atomic E-state index is 0.0564. The Balaban J connectivity index is 2.19. The standard InChI is InChI=1S/C14H20N2O3S/c1-3-11-12-6-4-5-7-13(12)19-14(11)10(2)16-8-9-20(15,17)18/h4-7,10,16H,3,8-9H2,1-2H3,(H2,15,17,18). The van der Waals surface area contributed by atoms with Crippen molar-refractivity contribution in [1.29, 1.82) is 0 Å². The second-order valence-electron chi connectivity index (χ2n) is 4.84. The summed E-state index contributed by atoms with van der Waals surface area (Å²) in [5, 5.41) is 9.24. The van der Waals surface area contributed by atoms with Crippen molar-refractivity contribution in [2.24, 2.45) is 5.14 Å². The SMILES string of the molecule is CCc1c(C(C)NCCS(N)(=O)=O)oc2ccccc12. The van der Waals surface area contributed by atoms with Gasteiger partial charge < -0.3 is 9.73 Å². The number of nitrogens with one attached hydrogen (secondary N) is 1. The van der Waals surface area contributed by atoms with Crippen LogP contribution in [0.4, 0.5) is 0 Å². The van der Waals surface area contributed by atoms with Gasteiger partial charge in [-0.1, -0.05) is 25.1 Å². The number of aryl methyl sites for hydroxylation is 1. The summed E-state index contributed by atoms with van der Waals surface area (Å²) in [7, 11) is -3.44. The highest BCUT2D eigenvalue weighted by Gasteiger charge is 2.18. The summed E-state index contributed by atoms with van der Waals surface area (Å²) in [6.45, 7) is 4.35. The van der Waals surface area contributed by atoms with Crippen LogP contribution in [0.2, 0.25) is 0 Å². The molecule has 6 heteroatoms. The molecular weight excluding hydrogens is 276 g/mol. The van der Waals surface area contributed by atoms with Gasteiger partial charge in [-0.25, -0.2) is 13.6 Å². The minimum Gasteiger partial charge on any atom is -0.459 e. The Morgan fingerprint density at radius 2 is 2.05 bits per heavy atom. The lowest BCUT2D eigenvalue weighted by Crippen LogP contribution is -2.29. The van der Waals surface area contributed by atoms with Crippen molar-refractivity contribution in [1.82, 2.24) is 5.32 Å². The largest absolute Gasteiger partial charge is 0.459 e. The molecule has 2 rings (SSSR count). The summed E-state index contributed by atoms with van der Waals surface area (Å²) in [4.78, 5) is 0. The number of furan rings is 1. The van der Waals surface area contributed by atoms with Crippen molar-refractivity contribution in [3.8, 4) is 0 Å². The van der Waals surface area contributed by atoms with Crippen LogP contribution in [-0.2, 0) is 16.4 Å². The van der Waals surface area contributed by atoms with Crippen LogP contribution in [0.25, 0.3) is 11.0 Å². The first-order chi connectivity index (χ1) is 9.42. The highest BCUT2D eigenvalue weighted by Crippen LogP contribution is 2.30. The molecule has 0 aliphatic heterocycles. The van der Waals surface area contributed by atoms with Gasteiger partial charge in [0.05, 0.1) is 11.8 Å². The van der Waals surface area contributed by atoms with Gasteiger partial charge in [0, 0.05) is 17.5 Å². The number of hydrogen-bond acceptors (Lipinski definition) is 4. The number of hydrogen-bond donors (Lipinski definition) is 2. The first-order valence-electron chi connectivity index (χ1n) is 6.66. The molecule has 3 N–H and O–H groups in total. The average molecular weight is 296 g/mol. The Bertz CT molecular complexity index is 692. The molecule has 0 amide bonds. The molecule has 0 aliphatic rings. The number of primary sulfonamides is 1. The fraction of sp³-hybridized carbons (Fsp3) is 0.429. The van der Waals surface area contributed by atoms with Crippen molar-refractivity contribution >= 4 is 21.0 Å². The van der Waals surface area contributed by atoms with Gasteiger partial charge >= 0.3 is 0 Å². The Labute approximate surface area is 119 Å². The van der Waals surface area contributed by atoms with E-state index >= 15 is 0 Å². The first-order valence-corrected chi connectivity index (χ1v) is 8.38. The maximum absolute atomic E-state index is 10.9. The Morgan fingerprint density at radius 3 is 2.70 bits per heavy atom. The predicted molar refractivity (Wildman–Crippen MR) is 80.0 cm³/mol. The van der Waals surface area contributed by atoms with E-state index in [0.29, 0.717) is 6.54 Å². The molecule has 0 saturated carbocycles. The maximum atomic E-state index is 10.9. The lowest BCUT2D eigenvalue weighted by Gasteiger charge is -2.12. The molecule has 1 aromatic carbocycles. The maximum Gasteiger partial charge on any atom is 0.210 e. The van der Waals surface area contributed by atoms with E-state index in [9.17, 15) is 8.42 Å². The highest BCUT2D eigenvalue weighted by atomic mass is 32.2. The van der Waals surface area contributed by atoms with Crippen LogP contribution in [0, 0.1) is 0 Å². The Morgan fingerprint density at radius 1 is 1.35 bits per heavy atom. The smallest absolute Gasteiger partial charge is 0.210 e. The lowest BCUT2D eigenvalue weighted by atomic mass is 10.1. The molecule has 20 heavy (non-hydrogen) atoms. The molecule has 1 atom stereocenters. The van der Waals surface area contributed by atoms with Crippen molar-refractivity contribution in [2.75, 3.05) is 12.3 Å². The van der Waals surface area contributed by atoms with Crippen molar-refractivity contribution in [2.45, 2.75) is 26.3 Å². The third-order valence-electron chi connectivity index (χ3n) is 3.31. The quantitative estimate of drug-likeness (QED) is 0.853. The molecule has 110 valence electrons. The van der Waals surface area contributed by atoms with Crippen LogP contribution in [0.1, 0.15) is 31.2 Å². The molecule has 0 bridgehead atoms. The lowest BCUT2D eigenvalue weighted by molar-refractivity contribution is 0.453. The van der Waals surface area contributed by atoms with Crippen molar-refractivity contribution in [3.05, 3.63) is 35.6 Å². The monoisotopic (exact) mass is 296 g/mol. The summed E-state index contributed by atoms with van der Waals surface area (Å²) in [5.74, 6) is 0.780. The normalized spacial score (nSPS) is 13.8. The van der Waals surface area contributed by atoms with E-state index in [4.69, 9.17) is 9.56 Å². The van der Waals surface area contributed by atoms with Gasteiger partial charge in [0.25, 0.3) is 0 Å². The second-order valence-corrected chi connectivity index (χ2v) is 6.57. The zero-order valence-electron chi connectivity index (χ0n) is 11.7. The van der Waals surface area contributed by atoms with Gasteiger partial charge in [0.1, 0.15) is 11.3 Å². The van der Waals surface area contributed by atoms with Crippen molar-refractivity contribution in [3.63, 3.8) is 0 Å². The number of para-hydroxylation sites is 1. The van der Waals surface area contributed by atoms with Gasteiger partial charge in [0.2, 0.25) is 10.0 Å². The van der Waals surface area contributed by atoms with Gasteiger partial charge in [-0.3, -0.25) is 0 Å². The fourth-order valence-electron chi connectivity index (χ4n) is 2.34. The molecular formula is C14H20N2O3S. The third-order valence-corrected chi connectivity index (χ3v) is 4.09. The summed E-state index contributed by atoms with van der Waals surface area (Å²) >= 11 is 0. The molecule has 0 spiro atoms. The number of fused-ring (bicyclic) bond motifs is 1. The van der Waals surface area contributed by atoms with E-state index in [1.807, 2.05) is 31.2 Å². The van der Waals surface area contributed by atoms with Gasteiger partial charge in [-0.15, -0.1) is 0 Å². The van der Waals surface area contributed by atoms with Crippen LogP contribution in [0.15, 0.2) is 28.7 Å². The highest BCUT2D eigenvalue weighted by molar-refractivity contribution is 7.89. The van der Waals surface area contributed by atoms with Crippen LogP contribution in [0.5, 0.6) is 0 Å². The van der Waals surface area contributed by atoms with Gasteiger partial charge in [0.15, 0.2) is 0 Å². The summed E-state index contributed by atoms with van der Waals surface area (Å²) in [5.41, 5.74) is 2.02. The zero-order valence-corrected chi connectivity index (χ0v) is 12.5. The van der Waals surface area contributed by atoms with E-state index < -0.39 is 10.0 Å². The van der Waals surface area contributed by atoms with Gasteiger partial charge in [-0.2, -0.15) is 0 Å². The van der Waals surface area contributed by atoms with Crippen LogP contribution < -0.4 is 10.5 Å². The number of nitrogens with two attached hydrogens (primary N) is 1. The number of rotatable bonds is 6. The van der Waals surface area contributed by atoms with Crippen molar-refractivity contribution < 1.29 is 12.8 Å². The summed E-state index contributed by atoms with van der Waals surface area (Å²) in [6.07, 6.45) is 0.869. The Hall–Kier alpha value is -1.37. The fourth-order valence-corrected chi connectivity index (χ4v) is 2.74. The average Bonchev–Trinajstić information content (AvgIpc) is 2.75. The zero-order chi connectivity index (χ0) is 14.8. The molecule has 0 radical (unpaired) electrons. The topological polar surface area (TPSA) is 85.3 Å². The molecule has 1 aromatic heterocycles. The van der Waals surface area contributed by atoms with E-state index in [1.165, 1.54) is 0 Å². The molecule has 0 aliphatic carbocycles. The Kier molecular flexibility index (Phi) is 4.47.